The lowest BCUT2D eigenvalue weighted by atomic mass is 9.92. The van der Waals surface area contributed by atoms with Crippen molar-refractivity contribution in [3.8, 4) is 11.3 Å². The van der Waals surface area contributed by atoms with Gasteiger partial charge in [-0.1, -0.05) is 29.7 Å². The summed E-state index contributed by atoms with van der Waals surface area (Å²) in [5, 5.41) is 3.89. The van der Waals surface area contributed by atoms with Gasteiger partial charge in [-0.25, -0.2) is 0 Å². The van der Waals surface area contributed by atoms with Gasteiger partial charge < -0.3 is 4.98 Å². The molecule has 0 saturated carbocycles. The Hall–Kier alpha value is -2.36. The second kappa shape index (κ2) is 4.15. The molecule has 0 bridgehead atoms. The van der Waals surface area contributed by atoms with Gasteiger partial charge >= 0.3 is 0 Å². The number of hydrogen-bond donors (Lipinski definition) is 1. The third-order valence-corrected chi connectivity index (χ3v) is 2.98. The summed E-state index contributed by atoms with van der Waals surface area (Å²) in [6.45, 7) is 0. The van der Waals surface area contributed by atoms with Crippen molar-refractivity contribution >= 4 is 29.9 Å². The Morgan fingerprint density at radius 3 is 2.50 bits per heavy atom. The number of nitroso groups, excluding NO2 is 1. The van der Waals surface area contributed by atoms with E-state index in [4.69, 9.17) is 7.85 Å². The van der Waals surface area contributed by atoms with E-state index in [9.17, 15) is 4.91 Å². The zero-order valence-electron chi connectivity index (χ0n) is 9.55. The molecule has 0 aliphatic carbocycles. The summed E-state index contributed by atoms with van der Waals surface area (Å²) in [4.78, 5) is 13.7. The lowest BCUT2D eigenvalue weighted by Crippen LogP contribution is -2.00. The van der Waals surface area contributed by atoms with Crippen molar-refractivity contribution in [1.29, 1.82) is 0 Å². The minimum absolute atomic E-state index is 0.425. The van der Waals surface area contributed by atoms with Gasteiger partial charge in [0.25, 0.3) is 0 Å². The van der Waals surface area contributed by atoms with Crippen molar-refractivity contribution in [1.82, 2.24) is 4.98 Å². The van der Waals surface area contributed by atoms with Crippen LogP contribution in [0, 0.1) is 4.91 Å². The van der Waals surface area contributed by atoms with Gasteiger partial charge in [0.15, 0.2) is 0 Å². The van der Waals surface area contributed by atoms with Crippen molar-refractivity contribution < 1.29 is 0 Å². The Balaban J connectivity index is 2.13. The molecule has 4 heteroatoms. The molecule has 0 atom stereocenters. The molecule has 0 aliphatic rings. The molecule has 2 aromatic carbocycles. The molecular formula is C14H9BN2O. The molecule has 3 rings (SSSR count). The Bertz CT molecular complexity index is 716. The van der Waals surface area contributed by atoms with E-state index in [1.807, 2.05) is 36.4 Å². The third kappa shape index (κ3) is 1.72. The molecule has 0 fully saturated rings. The molecule has 0 saturated heterocycles. The van der Waals surface area contributed by atoms with Crippen molar-refractivity contribution in [2.75, 3.05) is 0 Å². The highest BCUT2D eigenvalue weighted by Crippen LogP contribution is 2.24. The second-order valence-electron chi connectivity index (χ2n) is 4.13. The van der Waals surface area contributed by atoms with Crippen LogP contribution in [0.1, 0.15) is 0 Å². The summed E-state index contributed by atoms with van der Waals surface area (Å²) in [6.07, 6.45) is 0. The Morgan fingerprint density at radius 2 is 1.83 bits per heavy atom. The van der Waals surface area contributed by atoms with Crippen LogP contribution in [0.25, 0.3) is 22.2 Å². The zero-order valence-corrected chi connectivity index (χ0v) is 9.55. The minimum atomic E-state index is 0.425. The maximum Gasteiger partial charge on any atom is 0.114 e. The molecule has 0 amide bonds. The van der Waals surface area contributed by atoms with Gasteiger partial charge in [-0.05, 0) is 40.4 Å². The number of aromatic nitrogens is 1. The number of aromatic amines is 1. The number of fused-ring (bicyclic) bond motifs is 1. The molecule has 84 valence electrons. The van der Waals surface area contributed by atoms with Crippen LogP contribution in [0.3, 0.4) is 0 Å². The number of benzene rings is 2. The summed E-state index contributed by atoms with van der Waals surface area (Å²) in [6, 6.07) is 14.9. The van der Waals surface area contributed by atoms with Crippen molar-refractivity contribution in [3.05, 3.63) is 53.4 Å². The average Bonchev–Trinajstić information content (AvgIpc) is 2.84. The highest BCUT2D eigenvalue weighted by Gasteiger charge is 2.04. The third-order valence-electron chi connectivity index (χ3n) is 2.98. The van der Waals surface area contributed by atoms with Crippen LogP contribution in [0.5, 0.6) is 0 Å². The monoisotopic (exact) mass is 232 g/mol. The fraction of sp³-hybridized carbons (Fsp3) is 0. The molecule has 3 nitrogen and oxygen atoms in total. The first-order chi connectivity index (χ1) is 8.78. The van der Waals surface area contributed by atoms with Gasteiger partial charge in [-0.3, -0.25) is 0 Å². The average molecular weight is 232 g/mol. The Labute approximate surface area is 105 Å². The number of nitrogens with one attached hydrogen (secondary N) is 1. The van der Waals surface area contributed by atoms with E-state index in [-0.39, 0.29) is 0 Å². The highest BCUT2D eigenvalue weighted by molar-refractivity contribution is 6.38. The molecule has 18 heavy (non-hydrogen) atoms. The van der Waals surface area contributed by atoms with E-state index in [2.05, 4.69) is 10.2 Å². The van der Waals surface area contributed by atoms with E-state index < -0.39 is 0 Å². The van der Waals surface area contributed by atoms with Crippen LogP contribution in [0.2, 0.25) is 0 Å². The molecule has 3 aromatic rings. The second-order valence-corrected chi connectivity index (χ2v) is 4.13. The van der Waals surface area contributed by atoms with Crippen LogP contribution in [0.4, 0.5) is 5.69 Å². The summed E-state index contributed by atoms with van der Waals surface area (Å²) in [7, 11) is 5.92. The molecule has 1 heterocycles. The Morgan fingerprint density at radius 1 is 1.06 bits per heavy atom. The topological polar surface area (TPSA) is 45.2 Å². The number of H-pyrrole nitrogens is 1. The summed E-state index contributed by atoms with van der Waals surface area (Å²) < 4.78 is 0. The predicted molar refractivity (Wildman–Crippen MR) is 74.6 cm³/mol. The summed E-state index contributed by atoms with van der Waals surface area (Å²) in [5.41, 5.74) is 4.15. The molecule has 1 N–H and O–H groups in total. The van der Waals surface area contributed by atoms with Crippen LogP contribution in [-0.2, 0) is 0 Å². The standard InChI is InChI=1S/C14H9BN2O/c15-12-2-1-3-13-11(12)8-14(16-13)9-4-6-10(17-18)7-5-9/h1-8,16H. The van der Waals surface area contributed by atoms with Crippen molar-refractivity contribution in [2.45, 2.75) is 0 Å². The minimum Gasteiger partial charge on any atom is -0.355 e. The van der Waals surface area contributed by atoms with Gasteiger partial charge in [0.05, 0.1) is 0 Å². The fourth-order valence-electron chi connectivity index (χ4n) is 2.04. The van der Waals surface area contributed by atoms with Gasteiger partial charge in [-0.15, -0.1) is 4.91 Å². The quantitative estimate of drug-likeness (QED) is 0.535. The van der Waals surface area contributed by atoms with E-state index in [1.54, 1.807) is 12.1 Å². The van der Waals surface area contributed by atoms with E-state index >= 15 is 0 Å². The lowest BCUT2D eigenvalue weighted by Gasteiger charge is -1.96. The smallest absolute Gasteiger partial charge is 0.114 e. The largest absolute Gasteiger partial charge is 0.355 e. The Kier molecular flexibility index (Phi) is 2.48. The lowest BCUT2D eigenvalue weighted by molar-refractivity contribution is 1.44. The van der Waals surface area contributed by atoms with Gasteiger partial charge in [0.2, 0.25) is 0 Å². The van der Waals surface area contributed by atoms with Gasteiger partial charge in [0.1, 0.15) is 13.5 Å². The molecule has 0 spiro atoms. The molecule has 2 radical (unpaired) electrons. The maximum atomic E-state index is 10.4. The van der Waals surface area contributed by atoms with Gasteiger partial charge in [-0.2, -0.15) is 0 Å². The summed E-state index contributed by atoms with van der Waals surface area (Å²) >= 11 is 0. The SMILES string of the molecule is [B]c1cccc2[nH]c(-c3ccc(N=O)cc3)cc12. The first-order valence-electron chi connectivity index (χ1n) is 5.59. The fourth-order valence-corrected chi connectivity index (χ4v) is 2.04. The van der Waals surface area contributed by atoms with E-state index in [1.165, 1.54) is 0 Å². The summed E-state index contributed by atoms with van der Waals surface area (Å²) in [5.74, 6) is 0. The van der Waals surface area contributed by atoms with Crippen molar-refractivity contribution in [3.63, 3.8) is 0 Å². The first kappa shape index (κ1) is 10.8. The van der Waals surface area contributed by atoms with E-state index in [0.717, 1.165) is 27.6 Å². The molecule has 0 unspecified atom stereocenters. The number of nitrogens with zero attached hydrogens (tertiary/aromatic N) is 1. The molecular weight excluding hydrogens is 223 g/mol. The van der Waals surface area contributed by atoms with Crippen molar-refractivity contribution in [2.24, 2.45) is 5.18 Å². The van der Waals surface area contributed by atoms with Crippen LogP contribution >= 0.6 is 0 Å². The zero-order chi connectivity index (χ0) is 12.5. The van der Waals surface area contributed by atoms with Crippen LogP contribution in [-0.4, -0.2) is 12.8 Å². The van der Waals surface area contributed by atoms with E-state index in [0.29, 0.717) is 5.69 Å². The highest BCUT2D eigenvalue weighted by atomic mass is 16.3. The molecule has 1 aromatic heterocycles. The molecule has 0 aliphatic heterocycles. The van der Waals surface area contributed by atoms with Crippen LogP contribution in [0.15, 0.2) is 53.7 Å². The first-order valence-corrected chi connectivity index (χ1v) is 5.59. The van der Waals surface area contributed by atoms with Crippen LogP contribution < -0.4 is 5.46 Å². The van der Waals surface area contributed by atoms with Gasteiger partial charge in [0, 0.05) is 11.2 Å². The predicted octanol–water partition coefficient (Wildman–Crippen LogP) is 3.03. The normalized spacial score (nSPS) is 10.7. The number of hydrogen-bond acceptors (Lipinski definition) is 2. The maximum absolute atomic E-state index is 10.4. The number of rotatable bonds is 2.